The van der Waals surface area contributed by atoms with Gasteiger partial charge in [-0.1, -0.05) is 0 Å². The lowest BCUT2D eigenvalue weighted by Crippen LogP contribution is -2.31. The topological polar surface area (TPSA) is 122 Å². The summed E-state index contributed by atoms with van der Waals surface area (Å²) in [5, 5.41) is 11.4. The molecule has 2 rings (SSSR count). The Morgan fingerprint density at radius 1 is 1.15 bits per heavy atom. The van der Waals surface area contributed by atoms with Crippen LogP contribution in [0.15, 0.2) is 42.5 Å². The maximum atomic E-state index is 11.7. The van der Waals surface area contributed by atoms with Crippen molar-refractivity contribution in [1.82, 2.24) is 0 Å². The number of aldehydes is 1. The van der Waals surface area contributed by atoms with Gasteiger partial charge in [-0.25, -0.2) is 8.42 Å². The van der Waals surface area contributed by atoms with Crippen molar-refractivity contribution in [3.05, 3.63) is 58.1 Å². The fraction of sp³-hybridized carbons (Fsp3) is 0.235. The van der Waals surface area contributed by atoms with Gasteiger partial charge in [0, 0.05) is 18.9 Å². The molecule has 9 nitrogen and oxygen atoms in total. The molecule has 2 aromatic carbocycles. The van der Waals surface area contributed by atoms with Crippen molar-refractivity contribution in [1.29, 1.82) is 0 Å². The number of rotatable bonds is 9. The third-order valence-electron chi connectivity index (χ3n) is 3.42. The summed E-state index contributed by atoms with van der Waals surface area (Å²) in [5.41, 5.74) is -1.27. The molecule has 0 aliphatic carbocycles. The molecule has 0 aliphatic heterocycles. The van der Waals surface area contributed by atoms with E-state index in [-0.39, 0.29) is 18.1 Å². The number of ether oxygens (including phenoxy) is 3. The molecule has 0 bridgehead atoms. The highest BCUT2D eigenvalue weighted by molar-refractivity contribution is 7.91. The molecule has 10 heteroatoms. The summed E-state index contributed by atoms with van der Waals surface area (Å²) >= 11 is 0. The average Bonchev–Trinajstić information content (AvgIpc) is 2.62. The molecule has 144 valence electrons. The van der Waals surface area contributed by atoms with E-state index in [9.17, 15) is 23.3 Å². The second-order valence-corrected chi connectivity index (χ2v) is 7.69. The second-order valence-electron chi connectivity index (χ2n) is 5.51. The highest BCUT2D eigenvalue weighted by Crippen LogP contribution is 2.35. The molecule has 0 N–H and O–H groups in total. The van der Waals surface area contributed by atoms with Gasteiger partial charge < -0.3 is 14.2 Å². The number of nitro benzene ring substituents is 1. The van der Waals surface area contributed by atoms with E-state index in [1.54, 1.807) is 0 Å². The molecule has 2 aromatic rings. The zero-order valence-corrected chi connectivity index (χ0v) is 15.3. The van der Waals surface area contributed by atoms with Crippen LogP contribution in [0.2, 0.25) is 0 Å². The maximum absolute atomic E-state index is 11.7. The van der Waals surface area contributed by atoms with Gasteiger partial charge in [-0.3, -0.25) is 14.9 Å². The molecular formula is C17H17NO8S. The lowest BCUT2D eigenvalue weighted by atomic mass is 10.2. The van der Waals surface area contributed by atoms with Gasteiger partial charge in [0.1, 0.15) is 17.8 Å². The first-order valence-corrected chi connectivity index (χ1v) is 9.56. The summed E-state index contributed by atoms with van der Waals surface area (Å²) in [6, 6.07) is 9.73. The molecule has 1 unspecified atom stereocenters. The Morgan fingerprint density at radius 2 is 1.78 bits per heavy atom. The van der Waals surface area contributed by atoms with E-state index in [4.69, 9.17) is 14.2 Å². The Hall–Kier alpha value is -2.98. The fourth-order valence-electron chi connectivity index (χ4n) is 2.07. The highest BCUT2D eigenvalue weighted by Gasteiger charge is 2.25. The van der Waals surface area contributed by atoms with Gasteiger partial charge >= 0.3 is 5.69 Å². The standard InChI is InChI=1S/C17H17NO8S/c1-24-11-17(27(2,22)23)26-14-7-8-16(15(9-14)18(20)21)25-13-5-3-12(10-19)4-6-13/h3-10,17H,11H2,1-2H3. The minimum absolute atomic E-state index is 0.0159. The van der Waals surface area contributed by atoms with Crippen molar-refractivity contribution >= 4 is 21.8 Å². The second kappa shape index (κ2) is 8.60. The molecule has 27 heavy (non-hydrogen) atoms. The first kappa shape index (κ1) is 20.3. The van der Waals surface area contributed by atoms with E-state index in [1.165, 1.54) is 43.5 Å². The average molecular weight is 395 g/mol. The van der Waals surface area contributed by atoms with Crippen molar-refractivity contribution in [3.63, 3.8) is 0 Å². The SMILES string of the molecule is COCC(Oc1ccc(Oc2ccc(C=O)cc2)c([N+](=O)[O-])c1)S(C)(=O)=O. The summed E-state index contributed by atoms with van der Waals surface area (Å²) in [7, 11) is -2.28. The monoisotopic (exact) mass is 395 g/mol. The van der Waals surface area contributed by atoms with E-state index in [0.717, 1.165) is 12.3 Å². The summed E-state index contributed by atoms with van der Waals surface area (Å²) in [4.78, 5) is 21.3. The first-order chi connectivity index (χ1) is 12.7. The number of nitrogens with zero attached hydrogens (tertiary/aromatic N) is 1. The predicted octanol–water partition coefficient (Wildman–Crippen LogP) is 2.60. The van der Waals surface area contributed by atoms with Gasteiger partial charge in [0.25, 0.3) is 0 Å². The van der Waals surface area contributed by atoms with Gasteiger partial charge in [-0.05, 0) is 36.4 Å². The zero-order chi connectivity index (χ0) is 20.0. The number of nitro groups is 1. The van der Waals surface area contributed by atoms with Crippen LogP contribution in [0.4, 0.5) is 5.69 Å². The lowest BCUT2D eigenvalue weighted by molar-refractivity contribution is -0.385. The van der Waals surface area contributed by atoms with Gasteiger partial charge in [0.05, 0.1) is 17.6 Å². The molecule has 0 heterocycles. The third-order valence-corrected chi connectivity index (χ3v) is 4.61. The number of carbonyl (C=O) groups is 1. The predicted molar refractivity (Wildman–Crippen MR) is 96.1 cm³/mol. The summed E-state index contributed by atoms with van der Waals surface area (Å²) in [6.45, 7) is -0.228. The van der Waals surface area contributed by atoms with Crippen LogP contribution < -0.4 is 9.47 Å². The van der Waals surface area contributed by atoms with E-state index in [1.807, 2.05) is 0 Å². The van der Waals surface area contributed by atoms with Crippen LogP contribution in [0.1, 0.15) is 10.4 Å². The van der Waals surface area contributed by atoms with Crippen molar-refractivity contribution in [3.8, 4) is 17.2 Å². The van der Waals surface area contributed by atoms with Crippen molar-refractivity contribution in [2.75, 3.05) is 20.0 Å². The van der Waals surface area contributed by atoms with Gasteiger partial charge in [-0.2, -0.15) is 0 Å². The smallest absolute Gasteiger partial charge is 0.315 e. The van der Waals surface area contributed by atoms with Crippen molar-refractivity contribution < 1.29 is 32.3 Å². The Balaban J connectivity index is 2.30. The van der Waals surface area contributed by atoms with Gasteiger partial charge in [0.2, 0.25) is 11.2 Å². The Morgan fingerprint density at radius 3 is 2.30 bits per heavy atom. The normalized spacial score (nSPS) is 12.2. The van der Waals surface area contributed by atoms with Gasteiger partial charge in [0.15, 0.2) is 9.84 Å². The maximum Gasteiger partial charge on any atom is 0.315 e. The summed E-state index contributed by atoms with van der Waals surface area (Å²) < 4.78 is 39.1. The number of benzene rings is 2. The molecule has 0 spiro atoms. The third kappa shape index (κ3) is 5.50. The van der Waals surface area contributed by atoms with E-state index < -0.39 is 25.9 Å². The number of hydrogen-bond acceptors (Lipinski definition) is 8. The molecular weight excluding hydrogens is 378 g/mol. The zero-order valence-electron chi connectivity index (χ0n) is 14.5. The Labute approximate surface area is 155 Å². The molecule has 0 fully saturated rings. The van der Waals surface area contributed by atoms with Crippen LogP contribution in [0, 0.1) is 10.1 Å². The Bertz CT molecular complexity index is 924. The lowest BCUT2D eigenvalue weighted by Gasteiger charge is -2.17. The van der Waals surface area contributed by atoms with E-state index in [0.29, 0.717) is 17.6 Å². The molecule has 0 aromatic heterocycles. The minimum Gasteiger partial charge on any atom is -0.472 e. The molecule has 0 radical (unpaired) electrons. The fourth-order valence-corrected chi connectivity index (χ4v) is 2.74. The molecule has 0 saturated carbocycles. The minimum atomic E-state index is -3.60. The van der Waals surface area contributed by atoms with Crippen LogP contribution in [-0.2, 0) is 14.6 Å². The number of sulfone groups is 1. The molecule has 0 aliphatic rings. The van der Waals surface area contributed by atoms with Crippen LogP contribution >= 0.6 is 0 Å². The van der Waals surface area contributed by atoms with Crippen molar-refractivity contribution in [2.24, 2.45) is 0 Å². The van der Waals surface area contributed by atoms with Crippen molar-refractivity contribution in [2.45, 2.75) is 5.44 Å². The number of methoxy groups -OCH3 is 1. The number of hydrogen-bond donors (Lipinski definition) is 0. The molecule has 0 saturated heterocycles. The van der Waals surface area contributed by atoms with Crippen LogP contribution in [0.5, 0.6) is 17.2 Å². The van der Waals surface area contributed by atoms with Crippen LogP contribution in [0.3, 0.4) is 0 Å². The highest BCUT2D eigenvalue weighted by atomic mass is 32.2. The largest absolute Gasteiger partial charge is 0.472 e. The van der Waals surface area contributed by atoms with Gasteiger partial charge in [-0.15, -0.1) is 0 Å². The summed E-state index contributed by atoms with van der Waals surface area (Å²) in [6.07, 6.45) is 1.64. The van der Waals surface area contributed by atoms with Crippen LogP contribution in [-0.4, -0.2) is 45.0 Å². The quantitative estimate of drug-likeness (QED) is 0.361. The first-order valence-electron chi connectivity index (χ1n) is 7.60. The molecule has 1 atom stereocenters. The molecule has 0 amide bonds. The Kier molecular flexibility index (Phi) is 6.48. The van der Waals surface area contributed by atoms with E-state index in [2.05, 4.69) is 0 Å². The summed E-state index contributed by atoms with van der Waals surface area (Å²) in [5.74, 6) is 0.220. The van der Waals surface area contributed by atoms with Crippen LogP contribution in [0.25, 0.3) is 0 Å². The number of carbonyl (C=O) groups excluding carboxylic acids is 1. The van der Waals surface area contributed by atoms with E-state index >= 15 is 0 Å².